The maximum Gasteiger partial charge on any atom is 0.267 e. The fraction of sp³-hybridized carbons (Fsp3) is 0.500. The number of piperazine rings is 1. The molecule has 5 nitrogen and oxygen atoms in total. The summed E-state index contributed by atoms with van der Waals surface area (Å²) in [6.07, 6.45) is 0. The van der Waals surface area contributed by atoms with Gasteiger partial charge in [-0.2, -0.15) is 0 Å². The first-order chi connectivity index (χ1) is 11.5. The van der Waals surface area contributed by atoms with E-state index in [1.54, 1.807) is 0 Å². The van der Waals surface area contributed by atoms with Crippen LogP contribution in [0.5, 0.6) is 0 Å². The van der Waals surface area contributed by atoms with Gasteiger partial charge in [0.25, 0.3) is 5.91 Å². The Morgan fingerprint density at radius 1 is 1.12 bits per heavy atom. The molecule has 2 heterocycles. The molecule has 0 aliphatic carbocycles. The SMILES string of the molecule is Cc1ccc(C(C)N2CCN(C(=O)c3snnc3C)CC2)cc1C. The van der Waals surface area contributed by atoms with E-state index in [1.165, 1.54) is 28.2 Å². The van der Waals surface area contributed by atoms with Crippen LogP contribution in [0.1, 0.15) is 45.0 Å². The van der Waals surface area contributed by atoms with Gasteiger partial charge in [-0.1, -0.05) is 22.7 Å². The van der Waals surface area contributed by atoms with Crippen LogP contribution in [0.4, 0.5) is 0 Å². The van der Waals surface area contributed by atoms with E-state index in [0.29, 0.717) is 10.9 Å². The van der Waals surface area contributed by atoms with E-state index >= 15 is 0 Å². The van der Waals surface area contributed by atoms with E-state index in [-0.39, 0.29) is 5.91 Å². The lowest BCUT2D eigenvalue weighted by atomic mass is 10.0. The number of carbonyl (C=O) groups excluding carboxylic acids is 1. The summed E-state index contributed by atoms with van der Waals surface area (Å²) < 4.78 is 3.87. The molecule has 0 N–H and O–H groups in total. The van der Waals surface area contributed by atoms with Crippen molar-refractivity contribution in [3.8, 4) is 0 Å². The Balaban J connectivity index is 1.63. The normalized spacial score (nSPS) is 17.1. The van der Waals surface area contributed by atoms with E-state index in [1.807, 2.05) is 11.8 Å². The van der Waals surface area contributed by atoms with E-state index in [2.05, 4.69) is 53.5 Å². The van der Waals surface area contributed by atoms with E-state index in [4.69, 9.17) is 0 Å². The first-order valence-electron chi connectivity index (χ1n) is 8.37. The van der Waals surface area contributed by atoms with Crippen molar-refractivity contribution in [1.82, 2.24) is 19.4 Å². The molecule has 1 aliphatic heterocycles. The number of benzene rings is 1. The number of carbonyl (C=O) groups is 1. The number of nitrogens with zero attached hydrogens (tertiary/aromatic N) is 4. The zero-order valence-corrected chi connectivity index (χ0v) is 15.6. The molecule has 1 fully saturated rings. The van der Waals surface area contributed by atoms with Crippen molar-refractivity contribution in [2.45, 2.75) is 33.7 Å². The number of amides is 1. The first kappa shape index (κ1) is 17.0. The lowest BCUT2D eigenvalue weighted by Crippen LogP contribution is -2.49. The van der Waals surface area contributed by atoms with Crippen LogP contribution >= 0.6 is 11.5 Å². The van der Waals surface area contributed by atoms with Crippen molar-refractivity contribution in [2.75, 3.05) is 26.2 Å². The summed E-state index contributed by atoms with van der Waals surface area (Å²) in [6.45, 7) is 11.7. The molecule has 0 spiro atoms. The molecule has 3 rings (SSSR count). The predicted molar refractivity (Wildman–Crippen MR) is 96.5 cm³/mol. The van der Waals surface area contributed by atoms with Gasteiger partial charge in [-0.3, -0.25) is 9.69 Å². The highest BCUT2D eigenvalue weighted by molar-refractivity contribution is 7.07. The van der Waals surface area contributed by atoms with Crippen molar-refractivity contribution in [2.24, 2.45) is 0 Å². The van der Waals surface area contributed by atoms with Gasteiger partial charge in [0.15, 0.2) is 0 Å². The number of hydrogen-bond donors (Lipinski definition) is 0. The zero-order chi connectivity index (χ0) is 17.3. The highest BCUT2D eigenvalue weighted by Gasteiger charge is 2.27. The smallest absolute Gasteiger partial charge is 0.267 e. The van der Waals surface area contributed by atoms with Crippen LogP contribution in [0, 0.1) is 20.8 Å². The Kier molecular flexibility index (Phi) is 4.96. The summed E-state index contributed by atoms with van der Waals surface area (Å²) in [4.78, 5) is 17.6. The van der Waals surface area contributed by atoms with Gasteiger partial charge < -0.3 is 4.90 Å². The molecule has 1 aliphatic rings. The summed E-state index contributed by atoms with van der Waals surface area (Å²) in [6, 6.07) is 7.06. The second-order valence-electron chi connectivity index (χ2n) is 6.54. The molecule has 1 amide bonds. The van der Waals surface area contributed by atoms with Crippen molar-refractivity contribution in [3.63, 3.8) is 0 Å². The summed E-state index contributed by atoms with van der Waals surface area (Å²) >= 11 is 1.19. The van der Waals surface area contributed by atoms with Gasteiger partial charge >= 0.3 is 0 Å². The summed E-state index contributed by atoms with van der Waals surface area (Å²) in [5.41, 5.74) is 4.74. The van der Waals surface area contributed by atoms with Crippen LogP contribution in [-0.2, 0) is 0 Å². The Morgan fingerprint density at radius 2 is 1.83 bits per heavy atom. The minimum Gasteiger partial charge on any atom is -0.335 e. The van der Waals surface area contributed by atoms with E-state index in [9.17, 15) is 4.79 Å². The van der Waals surface area contributed by atoms with Crippen LogP contribution in [0.25, 0.3) is 0 Å². The predicted octanol–water partition coefficient (Wildman–Crippen LogP) is 2.98. The molecular weight excluding hydrogens is 320 g/mol. The summed E-state index contributed by atoms with van der Waals surface area (Å²) in [5, 5.41) is 3.94. The Morgan fingerprint density at radius 3 is 2.42 bits per heavy atom. The van der Waals surface area contributed by atoms with Crippen molar-refractivity contribution >= 4 is 17.4 Å². The molecule has 1 saturated heterocycles. The molecule has 1 aromatic carbocycles. The first-order valence-corrected chi connectivity index (χ1v) is 9.14. The van der Waals surface area contributed by atoms with Gasteiger partial charge in [-0.25, -0.2) is 0 Å². The average Bonchev–Trinajstić information content (AvgIpc) is 3.02. The molecule has 0 bridgehead atoms. The fourth-order valence-electron chi connectivity index (χ4n) is 3.12. The third-order valence-corrected chi connectivity index (χ3v) is 5.82. The monoisotopic (exact) mass is 344 g/mol. The third kappa shape index (κ3) is 3.35. The van der Waals surface area contributed by atoms with Gasteiger partial charge in [0, 0.05) is 32.2 Å². The highest BCUT2D eigenvalue weighted by Crippen LogP contribution is 2.24. The van der Waals surface area contributed by atoms with Crippen molar-refractivity contribution in [3.05, 3.63) is 45.5 Å². The van der Waals surface area contributed by atoms with Gasteiger partial charge in [0.1, 0.15) is 4.88 Å². The van der Waals surface area contributed by atoms with Gasteiger partial charge in [-0.15, -0.1) is 5.10 Å². The number of hydrogen-bond acceptors (Lipinski definition) is 5. The standard InChI is InChI=1S/C18H24N4OS/c1-12-5-6-16(11-13(12)2)15(4)21-7-9-22(10-8-21)18(23)17-14(3)19-20-24-17/h5-6,11,15H,7-10H2,1-4H3. The summed E-state index contributed by atoms with van der Waals surface area (Å²) in [5.74, 6) is 0.0704. The summed E-state index contributed by atoms with van der Waals surface area (Å²) in [7, 11) is 0. The van der Waals surface area contributed by atoms with Crippen LogP contribution in [-0.4, -0.2) is 51.5 Å². The van der Waals surface area contributed by atoms with E-state index in [0.717, 1.165) is 31.9 Å². The maximum absolute atomic E-state index is 12.5. The minimum absolute atomic E-state index is 0.0704. The number of aromatic nitrogens is 2. The molecule has 2 aromatic rings. The Bertz CT molecular complexity index is 734. The average molecular weight is 344 g/mol. The quantitative estimate of drug-likeness (QED) is 0.859. The molecule has 1 unspecified atom stereocenters. The largest absolute Gasteiger partial charge is 0.335 e. The van der Waals surface area contributed by atoms with Gasteiger partial charge in [0.05, 0.1) is 5.69 Å². The lowest BCUT2D eigenvalue weighted by Gasteiger charge is -2.38. The Labute approximate surface area is 147 Å². The number of aryl methyl sites for hydroxylation is 3. The van der Waals surface area contributed by atoms with Crippen LogP contribution < -0.4 is 0 Å². The van der Waals surface area contributed by atoms with Crippen molar-refractivity contribution in [1.29, 1.82) is 0 Å². The maximum atomic E-state index is 12.5. The van der Waals surface area contributed by atoms with Crippen LogP contribution in [0.15, 0.2) is 18.2 Å². The van der Waals surface area contributed by atoms with Gasteiger partial charge in [0.2, 0.25) is 0 Å². The van der Waals surface area contributed by atoms with Crippen LogP contribution in [0.3, 0.4) is 0 Å². The molecule has 1 atom stereocenters. The Hall–Kier alpha value is -1.79. The molecule has 0 saturated carbocycles. The highest BCUT2D eigenvalue weighted by atomic mass is 32.1. The lowest BCUT2D eigenvalue weighted by molar-refractivity contribution is 0.0585. The molecule has 24 heavy (non-hydrogen) atoms. The van der Waals surface area contributed by atoms with Crippen LogP contribution in [0.2, 0.25) is 0 Å². The molecule has 6 heteroatoms. The molecule has 1 aromatic heterocycles. The topological polar surface area (TPSA) is 49.3 Å². The molecule has 0 radical (unpaired) electrons. The second-order valence-corrected chi connectivity index (χ2v) is 7.29. The number of rotatable bonds is 3. The fourth-order valence-corrected chi connectivity index (χ4v) is 3.74. The molecule has 128 valence electrons. The zero-order valence-electron chi connectivity index (χ0n) is 14.7. The second kappa shape index (κ2) is 6.99. The molecular formula is C18H24N4OS. The third-order valence-electron chi connectivity index (χ3n) is 5.01. The minimum atomic E-state index is 0.0704. The van der Waals surface area contributed by atoms with E-state index < -0.39 is 0 Å². The van der Waals surface area contributed by atoms with Crippen molar-refractivity contribution < 1.29 is 4.79 Å². The van der Waals surface area contributed by atoms with Gasteiger partial charge in [-0.05, 0) is 55.9 Å².